The monoisotopic (exact) mass is 363 g/mol. The molecule has 0 saturated heterocycles. The maximum atomic E-state index is 12.5. The predicted molar refractivity (Wildman–Crippen MR) is 97.8 cm³/mol. The van der Waals surface area contributed by atoms with E-state index >= 15 is 0 Å². The molecule has 1 amide bonds. The second kappa shape index (κ2) is 6.52. The molecule has 4 rings (SSSR count). The van der Waals surface area contributed by atoms with Crippen LogP contribution < -0.4 is 11.1 Å². The molecule has 0 spiro atoms. The van der Waals surface area contributed by atoms with E-state index < -0.39 is 5.91 Å². The maximum absolute atomic E-state index is 12.5. The summed E-state index contributed by atoms with van der Waals surface area (Å²) in [4.78, 5) is 29.5. The third kappa shape index (κ3) is 3.22. The number of aromatic nitrogens is 5. The number of carbonyl (C=O) groups is 1. The Hall–Kier alpha value is -3.75. The Bertz CT molecular complexity index is 1130. The van der Waals surface area contributed by atoms with Gasteiger partial charge in [-0.3, -0.25) is 4.79 Å². The minimum atomic E-state index is -0.421. The number of nitrogens with zero attached hydrogens (tertiary/aromatic N) is 5. The summed E-state index contributed by atoms with van der Waals surface area (Å²) in [6.07, 6.45) is 6.78. The number of rotatable bonds is 4. The Morgan fingerprint density at radius 3 is 2.85 bits per heavy atom. The van der Waals surface area contributed by atoms with Gasteiger partial charge in [0.2, 0.25) is 5.89 Å². The minimum Gasteiger partial charge on any atom is -0.443 e. The van der Waals surface area contributed by atoms with Crippen LogP contribution in [0, 0.1) is 13.8 Å². The van der Waals surface area contributed by atoms with Gasteiger partial charge in [0.25, 0.3) is 5.91 Å². The first-order chi connectivity index (χ1) is 13.0. The number of imidazole rings is 1. The van der Waals surface area contributed by atoms with Crippen LogP contribution >= 0.6 is 0 Å². The summed E-state index contributed by atoms with van der Waals surface area (Å²) in [6, 6.07) is 3.91. The molecule has 4 aromatic heterocycles. The number of nitrogens with two attached hydrogens (primary N) is 1. The molecule has 0 fully saturated rings. The van der Waals surface area contributed by atoms with Gasteiger partial charge in [0, 0.05) is 12.4 Å². The van der Waals surface area contributed by atoms with Gasteiger partial charge in [0.1, 0.15) is 17.6 Å². The standard InChI is InChI=1S/C18H17N7O2/c1-10-3-4-13-23-12(9-25(13)8-10)7-21-17(26)15-16(19)24-14(11(2)22-15)18-20-5-6-27-18/h3-6,8-9H,7H2,1-2H3,(H2,19,24)(H,21,26). The van der Waals surface area contributed by atoms with Crippen molar-refractivity contribution in [3.63, 3.8) is 0 Å². The van der Waals surface area contributed by atoms with Crippen LogP contribution in [0.2, 0.25) is 0 Å². The van der Waals surface area contributed by atoms with Crippen molar-refractivity contribution < 1.29 is 9.21 Å². The zero-order valence-electron chi connectivity index (χ0n) is 14.8. The van der Waals surface area contributed by atoms with Crippen molar-refractivity contribution >= 4 is 17.4 Å². The maximum Gasteiger partial charge on any atom is 0.274 e. The summed E-state index contributed by atoms with van der Waals surface area (Å²) < 4.78 is 7.13. The average Bonchev–Trinajstić information content (AvgIpc) is 3.30. The normalized spacial score (nSPS) is 11.0. The van der Waals surface area contributed by atoms with Crippen molar-refractivity contribution in [3.05, 3.63) is 59.6 Å². The lowest BCUT2D eigenvalue weighted by atomic mass is 10.2. The molecule has 0 aromatic carbocycles. The quantitative estimate of drug-likeness (QED) is 0.567. The first kappa shape index (κ1) is 16.7. The number of anilines is 1. The van der Waals surface area contributed by atoms with Crippen LogP contribution in [0.15, 0.2) is 41.4 Å². The molecular weight excluding hydrogens is 346 g/mol. The number of pyridine rings is 1. The lowest BCUT2D eigenvalue weighted by Gasteiger charge is -2.08. The molecule has 0 aliphatic heterocycles. The van der Waals surface area contributed by atoms with Crippen molar-refractivity contribution in [1.82, 2.24) is 29.7 Å². The number of carbonyl (C=O) groups excluding carboxylic acids is 1. The predicted octanol–water partition coefficient (Wildman–Crippen LogP) is 1.91. The fraction of sp³-hybridized carbons (Fsp3) is 0.167. The highest BCUT2D eigenvalue weighted by atomic mass is 16.3. The molecule has 0 unspecified atom stereocenters. The molecule has 0 aliphatic rings. The molecule has 0 saturated carbocycles. The summed E-state index contributed by atoms with van der Waals surface area (Å²) in [7, 11) is 0. The summed E-state index contributed by atoms with van der Waals surface area (Å²) in [5.41, 5.74) is 9.56. The van der Waals surface area contributed by atoms with Crippen molar-refractivity contribution in [3.8, 4) is 11.6 Å². The number of aryl methyl sites for hydroxylation is 2. The molecule has 27 heavy (non-hydrogen) atoms. The van der Waals surface area contributed by atoms with E-state index in [9.17, 15) is 4.79 Å². The van der Waals surface area contributed by atoms with Crippen LogP contribution in [0.3, 0.4) is 0 Å². The Kier molecular flexibility index (Phi) is 4.03. The van der Waals surface area contributed by atoms with E-state index in [0.29, 0.717) is 17.3 Å². The van der Waals surface area contributed by atoms with Crippen molar-refractivity contribution in [2.24, 2.45) is 0 Å². The average molecular weight is 363 g/mol. The summed E-state index contributed by atoms with van der Waals surface area (Å²) in [5.74, 6) is -0.106. The Labute approximate surface area is 154 Å². The van der Waals surface area contributed by atoms with Crippen LogP contribution in [0.5, 0.6) is 0 Å². The van der Waals surface area contributed by atoms with Crippen LogP contribution in [-0.2, 0) is 6.54 Å². The van der Waals surface area contributed by atoms with Gasteiger partial charge in [-0.25, -0.2) is 19.9 Å². The largest absolute Gasteiger partial charge is 0.443 e. The highest BCUT2D eigenvalue weighted by Crippen LogP contribution is 2.20. The number of oxazole rings is 1. The van der Waals surface area contributed by atoms with Gasteiger partial charge in [0.05, 0.1) is 24.1 Å². The molecule has 136 valence electrons. The fourth-order valence-corrected chi connectivity index (χ4v) is 2.74. The SMILES string of the molecule is Cc1ccc2nc(CNC(=O)c3nc(C)c(-c4ncco4)nc3N)cn2c1. The number of fused-ring (bicyclic) bond motifs is 1. The first-order valence-electron chi connectivity index (χ1n) is 8.27. The molecule has 0 radical (unpaired) electrons. The molecule has 0 atom stereocenters. The van der Waals surface area contributed by atoms with Gasteiger partial charge >= 0.3 is 0 Å². The van der Waals surface area contributed by atoms with Gasteiger partial charge in [-0.15, -0.1) is 0 Å². The molecule has 4 aromatic rings. The van der Waals surface area contributed by atoms with E-state index in [1.807, 2.05) is 35.9 Å². The van der Waals surface area contributed by atoms with Crippen LogP contribution in [0.4, 0.5) is 5.82 Å². The van der Waals surface area contributed by atoms with E-state index in [4.69, 9.17) is 10.2 Å². The second-order valence-corrected chi connectivity index (χ2v) is 6.12. The number of nitrogen functional groups attached to an aromatic ring is 1. The van der Waals surface area contributed by atoms with Gasteiger partial charge < -0.3 is 19.9 Å². The Balaban J connectivity index is 1.53. The molecule has 0 bridgehead atoms. The Morgan fingerprint density at radius 1 is 1.22 bits per heavy atom. The summed E-state index contributed by atoms with van der Waals surface area (Å²) >= 11 is 0. The number of hydrogen-bond acceptors (Lipinski definition) is 7. The van der Waals surface area contributed by atoms with E-state index in [1.165, 1.54) is 12.5 Å². The topological polar surface area (TPSA) is 124 Å². The van der Waals surface area contributed by atoms with E-state index in [-0.39, 0.29) is 18.1 Å². The third-order valence-corrected chi connectivity index (χ3v) is 4.03. The van der Waals surface area contributed by atoms with Gasteiger partial charge in [-0.05, 0) is 25.5 Å². The highest BCUT2D eigenvalue weighted by molar-refractivity contribution is 5.96. The Morgan fingerprint density at radius 2 is 2.07 bits per heavy atom. The van der Waals surface area contributed by atoms with E-state index in [1.54, 1.807) is 6.92 Å². The first-order valence-corrected chi connectivity index (χ1v) is 8.27. The van der Waals surface area contributed by atoms with Crippen molar-refractivity contribution in [1.29, 1.82) is 0 Å². The molecule has 3 N–H and O–H groups in total. The fourth-order valence-electron chi connectivity index (χ4n) is 2.74. The second-order valence-electron chi connectivity index (χ2n) is 6.12. The zero-order valence-corrected chi connectivity index (χ0v) is 14.8. The highest BCUT2D eigenvalue weighted by Gasteiger charge is 2.18. The zero-order chi connectivity index (χ0) is 19.0. The van der Waals surface area contributed by atoms with Crippen LogP contribution in [0.25, 0.3) is 17.2 Å². The smallest absolute Gasteiger partial charge is 0.274 e. The molecule has 0 aliphatic carbocycles. The minimum absolute atomic E-state index is 0.0110. The van der Waals surface area contributed by atoms with Gasteiger partial charge in [-0.2, -0.15) is 0 Å². The number of hydrogen-bond donors (Lipinski definition) is 2. The summed E-state index contributed by atoms with van der Waals surface area (Å²) in [5, 5.41) is 2.78. The molecular formula is C18H17N7O2. The van der Waals surface area contributed by atoms with Crippen LogP contribution in [-0.4, -0.2) is 30.2 Å². The van der Waals surface area contributed by atoms with Gasteiger partial charge in [-0.1, -0.05) is 6.07 Å². The van der Waals surface area contributed by atoms with E-state index in [2.05, 4.69) is 25.3 Å². The lowest BCUT2D eigenvalue weighted by Crippen LogP contribution is -2.26. The van der Waals surface area contributed by atoms with E-state index in [0.717, 1.165) is 16.9 Å². The lowest BCUT2D eigenvalue weighted by molar-refractivity contribution is 0.0946. The number of amides is 1. The molecule has 9 heteroatoms. The number of nitrogens with one attached hydrogen (secondary N) is 1. The summed E-state index contributed by atoms with van der Waals surface area (Å²) in [6.45, 7) is 3.97. The molecule has 4 heterocycles. The van der Waals surface area contributed by atoms with Crippen molar-refractivity contribution in [2.45, 2.75) is 20.4 Å². The molecule has 9 nitrogen and oxygen atoms in total. The third-order valence-electron chi connectivity index (χ3n) is 4.03. The van der Waals surface area contributed by atoms with Gasteiger partial charge in [0.15, 0.2) is 11.5 Å². The van der Waals surface area contributed by atoms with Crippen LogP contribution in [0.1, 0.15) is 27.4 Å². The van der Waals surface area contributed by atoms with Crippen molar-refractivity contribution in [2.75, 3.05) is 5.73 Å².